The molecule has 1 saturated heterocycles. The number of likely N-dealkylation sites (tertiary alicyclic amines) is 1. The molecule has 2 nitrogen and oxygen atoms in total. The first kappa shape index (κ1) is 12.9. The molecule has 1 heterocycles. The second-order valence-corrected chi connectivity index (χ2v) is 5.84. The normalized spacial score (nSPS) is 19.6. The van der Waals surface area contributed by atoms with E-state index in [2.05, 4.69) is 29.5 Å². The van der Waals surface area contributed by atoms with Gasteiger partial charge in [0.2, 0.25) is 0 Å². The highest BCUT2D eigenvalue weighted by Crippen LogP contribution is 2.23. The maximum absolute atomic E-state index is 12.3. The Labute approximate surface area is 117 Å². The van der Waals surface area contributed by atoms with Gasteiger partial charge in [0, 0.05) is 16.7 Å². The zero-order chi connectivity index (χ0) is 12.3. The lowest BCUT2D eigenvalue weighted by Gasteiger charge is -2.17. The predicted octanol–water partition coefficient (Wildman–Crippen LogP) is 3.55. The summed E-state index contributed by atoms with van der Waals surface area (Å²) in [5.74, 6) is 0.916. The Hall–Kier alpha value is -0.580. The number of hydrogen-bond donors (Lipinski definition) is 0. The van der Waals surface area contributed by atoms with Gasteiger partial charge in [-0.15, -0.1) is 0 Å². The minimum absolute atomic E-state index is 0.202. The average Bonchev–Trinajstić information content (AvgIpc) is 2.78. The average molecular weight is 343 g/mol. The fraction of sp³-hybridized carbons (Fsp3) is 0.500. The van der Waals surface area contributed by atoms with E-state index in [1.54, 1.807) is 0 Å². The van der Waals surface area contributed by atoms with Crippen molar-refractivity contribution >= 4 is 28.5 Å². The highest BCUT2D eigenvalue weighted by atomic mass is 127. The minimum Gasteiger partial charge on any atom is -0.338 e. The molecule has 0 bridgehead atoms. The van der Waals surface area contributed by atoms with Crippen molar-refractivity contribution in [3.8, 4) is 0 Å². The van der Waals surface area contributed by atoms with Crippen LogP contribution in [0.2, 0.25) is 0 Å². The van der Waals surface area contributed by atoms with Crippen LogP contribution in [-0.4, -0.2) is 23.9 Å². The molecule has 1 aromatic carbocycles. The van der Waals surface area contributed by atoms with Crippen LogP contribution in [0.3, 0.4) is 0 Å². The van der Waals surface area contributed by atoms with E-state index in [0.29, 0.717) is 5.92 Å². The summed E-state index contributed by atoms with van der Waals surface area (Å²) in [5, 5.41) is 0. The van der Waals surface area contributed by atoms with E-state index in [1.165, 1.54) is 19.3 Å². The standard InChI is InChI=1S/C14H18INO/c1-2-5-11-8-9-16(10-11)14(17)12-6-3-4-7-13(12)15/h3-4,6-7,11H,2,5,8-10H2,1H3. The molecule has 0 aliphatic carbocycles. The van der Waals surface area contributed by atoms with Gasteiger partial charge in [0.15, 0.2) is 0 Å². The molecule has 1 amide bonds. The molecule has 2 rings (SSSR count). The summed E-state index contributed by atoms with van der Waals surface area (Å²) in [6.07, 6.45) is 3.63. The summed E-state index contributed by atoms with van der Waals surface area (Å²) in [6, 6.07) is 7.84. The third-order valence-electron chi connectivity index (χ3n) is 3.37. The molecule has 1 aliphatic rings. The molecule has 1 unspecified atom stereocenters. The number of halogens is 1. The number of carbonyl (C=O) groups excluding carboxylic acids is 1. The van der Waals surface area contributed by atoms with E-state index in [-0.39, 0.29) is 5.91 Å². The van der Waals surface area contributed by atoms with Gasteiger partial charge in [0.05, 0.1) is 5.56 Å². The van der Waals surface area contributed by atoms with Gasteiger partial charge in [0.25, 0.3) is 5.91 Å². The van der Waals surface area contributed by atoms with E-state index >= 15 is 0 Å². The topological polar surface area (TPSA) is 20.3 Å². The lowest BCUT2D eigenvalue weighted by Crippen LogP contribution is -2.29. The van der Waals surface area contributed by atoms with E-state index in [9.17, 15) is 4.79 Å². The first-order chi connectivity index (χ1) is 8.22. The van der Waals surface area contributed by atoms with Crippen LogP contribution in [0, 0.1) is 9.49 Å². The fourth-order valence-electron chi connectivity index (χ4n) is 2.47. The Morgan fingerprint density at radius 3 is 2.94 bits per heavy atom. The van der Waals surface area contributed by atoms with E-state index in [1.807, 2.05) is 29.2 Å². The molecule has 1 atom stereocenters. The van der Waals surface area contributed by atoms with Crippen LogP contribution in [0.15, 0.2) is 24.3 Å². The van der Waals surface area contributed by atoms with Crippen molar-refractivity contribution in [3.05, 3.63) is 33.4 Å². The second-order valence-electron chi connectivity index (χ2n) is 4.67. The van der Waals surface area contributed by atoms with Crippen LogP contribution in [0.5, 0.6) is 0 Å². The van der Waals surface area contributed by atoms with Crippen LogP contribution >= 0.6 is 22.6 Å². The number of rotatable bonds is 3. The van der Waals surface area contributed by atoms with E-state index in [0.717, 1.165) is 22.2 Å². The molecule has 0 saturated carbocycles. The van der Waals surface area contributed by atoms with Gasteiger partial charge in [0.1, 0.15) is 0 Å². The first-order valence-electron chi connectivity index (χ1n) is 6.26. The predicted molar refractivity (Wildman–Crippen MR) is 78.1 cm³/mol. The maximum atomic E-state index is 12.3. The highest BCUT2D eigenvalue weighted by Gasteiger charge is 2.26. The number of hydrogen-bond acceptors (Lipinski definition) is 1. The van der Waals surface area contributed by atoms with Gasteiger partial charge in [-0.3, -0.25) is 4.79 Å². The molecule has 92 valence electrons. The van der Waals surface area contributed by atoms with E-state index < -0.39 is 0 Å². The fourth-order valence-corrected chi connectivity index (χ4v) is 3.08. The third-order valence-corrected chi connectivity index (χ3v) is 4.31. The lowest BCUT2D eigenvalue weighted by molar-refractivity contribution is 0.0785. The quantitative estimate of drug-likeness (QED) is 0.769. The number of nitrogens with zero attached hydrogens (tertiary/aromatic N) is 1. The molecular weight excluding hydrogens is 325 g/mol. The Bertz CT molecular complexity index is 405. The molecule has 3 heteroatoms. The summed E-state index contributed by atoms with van der Waals surface area (Å²) in [4.78, 5) is 14.4. The monoisotopic (exact) mass is 343 g/mol. The number of benzene rings is 1. The SMILES string of the molecule is CCCC1CCN(C(=O)c2ccccc2I)C1. The first-order valence-corrected chi connectivity index (χ1v) is 7.34. The maximum Gasteiger partial charge on any atom is 0.254 e. The smallest absolute Gasteiger partial charge is 0.254 e. The zero-order valence-electron chi connectivity index (χ0n) is 10.2. The Morgan fingerprint density at radius 1 is 1.47 bits per heavy atom. The van der Waals surface area contributed by atoms with Crippen molar-refractivity contribution in [2.24, 2.45) is 5.92 Å². The van der Waals surface area contributed by atoms with Gasteiger partial charge in [-0.1, -0.05) is 25.5 Å². The number of carbonyl (C=O) groups is 1. The molecule has 1 fully saturated rings. The van der Waals surface area contributed by atoms with Crippen molar-refractivity contribution in [1.29, 1.82) is 0 Å². The summed E-state index contributed by atoms with van der Waals surface area (Å²) in [6.45, 7) is 4.08. The van der Waals surface area contributed by atoms with Crippen molar-refractivity contribution in [2.45, 2.75) is 26.2 Å². The summed E-state index contributed by atoms with van der Waals surface area (Å²) in [7, 11) is 0. The minimum atomic E-state index is 0.202. The van der Waals surface area contributed by atoms with Gasteiger partial charge in [-0.05, 0) is 53.5 Å². The molecule has 17 heavy (non-hydrogen) atoms. The van der Waals surface area contributed by atoms with Crippen LogP contribution in [0.1, 0.15) is 36.5 Å². The highest BCUT2D eigenvalue weighted by molar-refractivity contribution is 14.1. The van der Waals surface area contributed by atoms with Gasteiger partial charge in [-0.2, -0.15) is 0 Å². The van der Waals surface area contributed by atoms with Gasteiger partial charge in [-0.25, -0.2) is 0 Å². The molecular formula is C14H18INO. The molecule has 0 spiro atoms. The molecule has 1 aromatic rings. The van der Waals surface area contributed by atoms with Crippen LogP contribution < -0.4 is 0 Å². The van der Waals surface area contributed by atoms with Crippen molar-refractivity contribution < 1.29 is 4.79 Å². The molecule has 0 aromatic heterocycles. The van der Waals surface area contributed by atoms with Crippen molar-refractivity contribution in [1.82, 2.24) is 4.90 Å². The Kier molecular flexibility index (Phi) is 4.42. The van der Waals surface area contributed by atoms with Crippen molar-refractivity contribution in [2.75, 3.05) is 13.1 Å². The Balaban J connectivity index is 2.05. The van der Waals surface area contributed by atoms with Gasteiger partial charge < -0.3 is 4.90 Å². The summed E-state index contributed by atoms with van der Waals surface area (Å²) in [5.41, 5.74) is 0.852. The third kappa shape index (κ3) is 3.00. The zero-order valence-corrected chi connectivity index (χ0v) is 12.3. The number of amides is 1. The van der Waals surface area contributed by atoms with Crippen molar-refractivity contribution in [3.63, 3.8) is 0 Å². The second kappa shape index (κ2) is 5.85. The molecule has 1 aliphatic heterocycles. The molecule has 0 radical (unpaired) electrons. The van der Waals surface area contributed by atoms with Crippen LogP contribution in [0.25, 0.3) is 0 Å². The van der Waals surface area contributed by atoms with E-state index in [4.69, 9.17) is 0 Å². The summed E-state index contributed by atoms with van der Waals surface area (Å²) >= 11 is 2.24. The lowest BCUT2D eigenvalue weighted by atomic mass is 10.0. The van der Waals surface area contributed by atoms with Gasteiger partial charge >= 0.3 is 0 Å². The summed E-state index contributed by atoms with van der Waals surface area (Å²) < 4.78 is 1.05. The largest absolute Gasteiger partial charge is 0.338 e. The van der Waals surface area contributed by atoms with Crippen LogP contribution in [0.4, 0.5) is 0 Å². The Morgan fingerprint density at radius 2 is 2.24 bits per heavy atom. The van der Waals surface area contributed by atoms with Crippen LogP contribution in [-0.2, 0) is 0 Å². The molecule has 0 N–H and O–H groups in total.